The smallest absolute Gasteiger partial charge is 0.164 e. The number of fused-ring (bicyclic) bond motifs is 6. The van der Waals surface area contributed by atoms with Crippen molar-refractivity contribution in [1.82, 2.24) is 24.9 Å². The lowest BCUT2D eigenvalue weighted by molar-refractivity contribution is 1.08. The summed E-state index contributed by atoms with van der Waals surface area (Å²) in [5, 5.41) is 6.82. The van der Waals surface area contributed by atoms with Crippen LogP contribution in [0.15, 0.2) is 188 Å². The summed E-state index contributed by atoms with van der Waals surface area (Å²) >= 11 is 0. The number of hydrogen-bond acceptors (Lipinski definition) is 5. The molecule has 0 spiro atoms. The summed E-state index contributed by atoms with van der Waals surface area (Å²) in [5.74, 6) is 2.48. The van der Waals surface area contributed by atoms with Gasteiger partial charge in [-0.2, -0.15) is 0 Å². The maximum absolute atomic E-state index is 5.25. The van der Waals surface area contributed by atoms with E-state index in [2.05, 4.69) is 91.0 Å². The maximum atomic E-state index is 5.25. The van der Waals surface area contributed by atoms with Gasteiger partial charge in [0.2, 0.25) is 0 Å². The van der Waals surface area contributed by atoms with Crippen molar-refractivity contribution in [3.05, 3.63) is 188 Å². The molecule has 0 N–H and O–H groups in total. The minimum atomic E-state index is 0.593. The van der Waals surface area contributed by atoms with Crippen LogP contribution in [-0.4, -0.2) is 24.9 Å². The molecule has 0 saturated heterocycles. The van der Waals surface area contributed by atoms with E-state index in [-0.39, 0.29) is 0 Å². The van der Waals surface area contributed by atoms with Gasteiger partial charge >= 0.3 is 0 Å². The number of benzene rings is 8. The molecule has 0 amide bonds. The molecule has 0 fully saturated rings. The summed E-state index contributed by atoms with van der Waals surface area (Å²) < 4.78 is 0. The fourth-order valence-corrected chi connectivity index (χ4v) is 7.36. The molecule has 10 aromatic rings. The van der Waals surface area contributed by atoms with E-state index in [1.807, 2.05) is 97.1 Å². The van der Waals surface area contributed by atoms with Crippen molar-refractivity contribution < 1.29 is 0 Å². The summed E-state index contributed by atoms with van der Waals surface area (Å²) in [6, 6.07) is 64.5. The van der Waals surface area contributed by atoms with E-state index >= 15 is 0 Å². The molecule has 8 aromatic carbocycles. The Morgan fingerprint density at radius 1 is 0.241 bits per heavy atom. The Labute approximate surface area is 312 Å². The third-order valence-electron chi connectivity index (χ3n) is 9.91. The highest BCUT2D eigenvalue weighted by Gasteiger charge is 2.20. The highest BCUT2D eigenvalue weighted by atomic mass is 15.0. The van der Waals surface area contributed by atoms with Crippen molar-refractivity contribution in [1.29, 1.82) is 0 Å². The monoisotopic (exact) mass is 689 g/mol. The summed E-state index contributed by atoms with van der Waals surface area (Å²) in [4.78, 5) is 25.8. The molecule has 0 saturated carbocycles. The molecule has 5 nitrogen and oxygen atoms in total. The van der Waals surface area contributed by atoms with Crippen LogP contribution >= 0.6 is 0 Å². The second-order valence-corrected chi connectivity index (χ2v) is 13.3. The van der Waals surface area contributed by atoms with Crippen LogP contribution in [0, 0.1) is 0 Å². The first kappa shape index (κ1) is 31.4. The molecule has 0 atom stereocenters. The summed E-state index contributed by atoms with van der Waals surface area (Å²) in [5.41, 5.74) is 7.32. The fourth-order valence-electron chi connectivity index (χ4n) is 7.36. The molecular weight excluding hydrogens is 659 g/mol. The standard InChI is InChI=1S/C49H31N5/c1-5-17-32(18-6-1)43-31-44(51-46(50-43)33-19-7-2-8-20-33)36-29-41-39-27-14-13-25-37(39)38-26-15-16-28-40(38)45(41)42(30-36)49-53-47(34-21-9-3-10-22-34)52-48(54-49)35-23-11-4-12-24-35/h1-31H. The number of nitrogens with zero attached hydrogens (tertiary/aromatic N) is 5. The van der Waals surface area contributed by atoms with Crippen LogP contribution in [0.5, 0.6) is 0 Å². The molecule has 54 heavy (non-hydrogen) atoms. The Bertz CT molecular complexity index is 2850. The predicted octanol–water partition coefficient (Wildman–Crippen LogP) is 12.1. The predicted molar refractivity (Wildman–Crippen MR) is 221 cm³/mol. The van der Waals surface area contributed by atoms with Crippen LogP contribution in [0.3, 0.4) is 0 Å². The molecule has 5 heteroatoms. The second-order valence-electron chi connectivity index (χ2n) is 13.3. The third kappa shape index (κ3) is 5.65. The third-order valence-corrected chi connectivity index (χ3v) is 9.91. The van der Waals surface area contributed by atoms with E-state index in [0.29, 0.717) is 23.3 Å². The zero-order valence-corrected chi connectivity index (χ0v) is 29.1. The van der Waals surface area contributed by atoms with Crippen molar-refractivity contribution in [2.24, 2.45) is 0 Å². The molecular formula is C49H31N5. The van der Waals surface area contributed by atoms with Gasteiger partial charge in [0.1, 0.15) is 0 Å². The zero-order valence-electron chi connectivity index (χ0n) is 29.1. The van der Waals surface area contributed by atoms with Crippen LogP contribution in [0.2, 0.25) is 0 Å². The normalized spacial score (nSPS) is 11.3. The van der Waals surface area contributed by atoms with E-state index in [1.165, 1.54) is 10.8 Å². The minimum Gasteiger partial charge on any atom is -0.228 e. The van der Waals surface area contributed by atoms with Crippen molar-refractivity contribution in [3.8, 4) is 68.1 Å². The highest BCUT2D eigenvalue weighted by molar-refractivity contribution is 6.28. The van der Waals surface area contributed by atoms with E-state index in [4.69, 9.17) is 24.9 Å². The Kier molecular flexibility index (Phi) is 7.73. The molecule has 0 aliphatic heterocycles. The van der Waals surface area contributed by atoms with Gasteiger partial charge in [-0.3, -0.25) is 0 Å². The topological polar surface area (TPSA) is 64.5 Å². The zero-order chi connectivity index (χ0) is 35.8. The SMILES string of the molecule is c1ccc(-c2cc(-c3cc(-c4nc(-c5ccccc5)nc(-c5ccccc5)n4)c4c5ccccc5c5ccccc5c4c3)nc(-c3ccccc3)n2)cc1. The largest absolute Gasteiger partial charge is 0.228 e. The first-order valence-corrected chi connectivity index (χ1v) is 18.0. The van der Waals surface area contributed by atoms with E-state index < -0.39 is 0 Å². The Balaban J connectivity index is 1.33. The van der Waals surface area contributed by atoms with Crippen LogP contribution in [0.4, 0.5) is 0 Å². The molecule has 2 aromatic heterocycles. The van der Waals surface area contributed by atoms with Gasteiger partial charge in [0.25, 0.3) is 0 Å². The van der Waals surface area contributed by atoms with Crippen LogP contribution in [0.1, 0.15) is 0 Å². The van der Waals surface area contributed by atoms with Crippen molar-refractivity contribution in [2.75, 3.05) is 0 Å². The van der Waals surface area contributed by atoms with Crippen molar-refractivity contribution >= 4 is 32.3 Å². The Morgan fingerprint density at radius 2 is 0.611 bits per heavy atom. The molecule has 0 aliphatic carbocycles. The first-order chi connectivity index (χ1) is 26.8. The molecule has 2 heterocycles. The van der Waals surface area contributed by atoms with E-state index in [9.17, 15) is 0 Å². The molecule has 0 aliphatic rings. The highest BCUT2D eigenvalue weighted by Crippen LogP contribution is 2.43. The quantitative estimate of drug-likeness (QED) is 0.163. The second kappa shape index (κ2) is 13.3. The van der Waals surface area contributed by atoms with Gasteiger partial charge in [-0.05, 0) is 45.1 Å². The lowest BCUT2D eigenvalue weighted by Gasteiger charge is -2.17. The van der Waals surface area contributed by atoms with Gasteiger partial charge in [-0.15, -0.1) is 0 Å². The maximum Gasteiger partial charge on any atom is 0.164 e. The lowest BCUT2D eigenvalue weighted by atomic mass is 9.89. The van der Waals surface area contributed by atoms with Gasteiger partial charge in [0, 0.05) is 38.8 Å². The average molecular weight is 690 g/mol. The molecule has 0 unspecified atom stereocenters. The van der Waals surface area contributed by atoms with Gasteiger partial charge in [-0.25, -0.2) is 24.9 Å². The minimum absolute atomic E-state index is 0.593. The Hall–Kier alpha value is -7.37. The van der Waals surface area contributed by atoms with Crippen LogP contribution in [-0.2, 0) is 0 Å². The molecule has 0 bridgehead atoms. The van der Waals surface area contributed by atoms with Gasteiger partial charge < -0.3 is 0 Å². The average Bonchev–Trinajstić information content (AvgIpc) is 3.27. The summed E-state index contributed by atoms with van der Waals surface area (Å²) in [7, 11) is 0. The summed E-state index contributed by atoms with van der Waals surface area (Å²) in [6.07, 6.45) is 0. The first-order valence-electron chi connectivity index (χ1n) is 18.0. The number of hydrogen-bond donors (Lipinski definition) is 0. The fraction of sp³-hybridized carbons (Fsp3) is 0. The van der Waals surface area contributed by atoms with E-state index in [0.717, 1.165) is 66.3 Å². The van der Waals surface area contributed by atoms with Gasteiger partial charge in [-0.1, -0.05) is 170 Å². The molecule has 10 rings (SSSR count). The van der Waals surface area contributed by atoms with Crippen LogP contribution in [0.25, 0.3) is 100 Å². The van der Waals surface area contributed by atoms with Gasteiger partial charge in [0.05, 0.1) is 11.4 Å². The Morgan fingerprint density at radius 3 is 1.13 bits per heavy atom. The number of aromatic nitrogens is 5. The lowest BCUT2D eigenvalue weighted by Crippen LogP contribution is -2.01. The summed E-state index contributed by atoms with van der Waals surface area (Å²) in [6.45, 7) is 0. The molecule has 252 valence electrons. The van der Waals surface area contributed by atoms with Crippen molar-refractivity contribution in [3.63, 3.8) is 0 Å². The molecule has 0 radical (unpaired) electrons. The number of rotatable bonds is 6. The van der Waals surface area contributed by atoms with Crippen LogP contribution < -0.4 is 0 Å². The van der Waals surface area contributed by atoms with Gasteiger partial charge in [0.15, 0.2) is 23.3 Å². The van der Waals surface area contributed by atoms with E-state index in [1.54, 1.807) is 0 Å². The van der Waals surface area contributed by atoms with Crippen molar-refractivity contribution in [2.45, 2.75) is 0 Å².